The summed E-state index contributed by atoms with van der Waals surface area (Å²) in [5, 5.41) is 3.69. The minimum atomic E-state index is 0.329. The lowest BCUT2D eigenvalue weighted by Crippen LogP contribution is -2.46. The molecule has 1 N–H and O–H groups in total. The van der Waals surface area contributed by atoms with Crippen LogP contribution in [-0.4, -0.2) is 18.1 Å². The largest absolute Gasteiger partial charge is 0.493 e. The molecule has 1 heterocycles. The lowest BCUT2D eigenvalue weighted by atomic mass is 9.68. The van der Waals surface area contributed by atoms with Crippen LogP contribution in [0.25, 0.3) is 0 Å². The molecule has 2 fully saturated rings. The van der Waals surface area contributed by atoms with Gasteiger partial charge in [-0.2, -0.15) is 0 Å². The van der Waals surface area contributed by atoms with Crippen molar-refractivity contribution in [3.05, 3.63) is 18.3 Å². The molecule has 0 spiro atoms. The number of hydrogen-bond acceptors (Lipinski definition) is 3. The van der Waals surface area contributed by atoms with E-state index in [-0.39, 0.29) is 0 Å². The van der Waals surface area contributed by atoms with Crippen molar-refractivity contribution in [2.75, 3.05) is 12.4 Å². The number of rotatable bonds is 3. The van der Waals surface area contributed by atoms with Gasteiger partial charge < -0.3 is 10.1 Å². The van der Waals surface area contributed by atoms with Gasteiger partial charge in [-0.1, -0.05) is 20.8 Å². The van der Waals surface area contributed by atoms with Crippen molar-refractivity contribution in [2.24, 2.45) is 16.7 Å². The van der Waals surface area contributed by atoms with Crippen molar-refractivity contribution >= 4 is 5.82 Å². The number of ether oxygens (including phenoxy) is 1. The Morgan fingerprint density at radius 3 is 2.79 bits per heavy atom. The minimum Gasteiger partial charge on any atom is -0.493 e. The van der Waals surface area contributed by atoms with Crippen LogP contribution in [0.3, 0.4) is 0 Å². The molecule has 3 heteroatoms. The summed E-state index contributed by atoms with van der Waals surface area (Å²) in [6.07, 6.45) is 5.87. The Morgan fingerprint density at radius 1 is 1.37 bits per heavy atom. The Kier molecular flexibility index (Phi) is 2.77. The molecule has 0 aliphatic heterocycles. The van der Waals surface area contributed by atoms with E-state index in [4.69, 9.17) is 4.74 Å². The molecule has 3 unspecified atom stereocenters. The second-order valence-electron chi connectivity index (χ2n) is 7.05. The topological polar surface area (TPSA) is 34.1 Å². The number of anilines is 1. The van der Waals surface area contributed by atoms with Gasteiger partial charge >= 0.3 is 0 Å². The van der Waals surface area contributed by atoms with Gasteiger partial charge in [0.25, 0.3) is 0 Å². The van der Waals surface area contributed by atoms with Gasteiger partial charge in [0.1, 0.15) is 0 Å². The summed E-state index contributed by atoms with van der Waals surface area (Å²) in [6.45, 7) is 7.22. The summed E-state index contributed by atoms with van der Waals surface area (Å²) in [7, 11) is 1.70. The molecule has 0 amide bonds. The van der Waals surface area contributed by atoms with Crippen molar-refractivity contribution in [3.8, 4) is 5.75 Å². The van der Waals surface area contributed by atoms with Crippen LogP contribution < -0.4 is 10.1 Å². The van der Waals surface area contributed by atoms with E-state index in [0.717, 1.165) is 17.5 Å². The van der Waals surface area contributed by atoms with E-state index in [9.17, 15) is 0 Å². The molecule has 2 bridgehead atoms. The number of pyridine rings is 1. The number of methoxy groups -OCH3 is 1. The van der Waals surface area contributed by atoms with Crippen LogP contribution in [0, 0.1) is 16.7 Å². The maximum absolute atomic E-state index is 5.41. The predicted molar refractivity (Wildman–Crippen MR) is 77.4 cm³/mol. The standard InChI is InChI=1S/C16H24N2O/c1-15(2)11-7-8-16(3,10-11)14(15)18-13-12(19-4)6-5-9-17-13/h5-6,9,11,14H,7-8,10H2,1-4H3,(H,17,18). The number of fused-ring (bicyclic) bond motifs is 2. The fourth-order valence-electron chi connectivity index (χ4n) is 4.46. The molecule has 0 saturated heterocycles. The van der Waals surface area contributed by atoms with Crippen molar-refractivity contribution in [1.82, 2.24) is 4.98 Å². The number of nitrogens with zero attached hydrogens (tertiary/aromatic N) is 1. The van der Waals surface area contributed by atoms with Crippen LogP contribution in [0.5, 0.6) is 5.75 Å². The second kappa shape index (κ2) is 4.12. The first-order valence-electron chi connectivity index (χ1n) is 7.23. The average molecular weight is 260 g/mol. The van der Waals surface area contributed by atoms with Gasteiger partial charge in [-0.3, -0.25) is 0 Å². The molecular formula is C16H24N2O. The lowest BCUT2D eigenvalue weighted by Gasteiger charge is -2.43. The minimum absolute atomic E-state index is 0.329. The highest BCUT2D eigenvalue weighted by Gasteiger charge is 2.59. The first kappa shape index (κ1) is 12.8. The fourth-order valence-corrected chi connectivity index (χ4v) is 4.46. The molecule has 0 radical (unpaired) electrons. The third kappa shape index (κ3) is 1.82. The highest BCUT2D eigenvalue weighted by Crippen LogP contribution is 2.63. The Morgan fingerprint density at radius 2 is 2.16 bits per heavy atom. The second-order valence-corrected chi connectivity index (χ2v) is 7.05. The van der Waals surface area contributed by atoms with E-state index in [1.54, 1.807) is 7.11 Å². The zero-order chi connectivity index (χ0) is 13.7. The van der Waals surface area contributed by atoms with E-state index in [0.29, 0.717) is 16.9 Å². The first-order chi connectivity index (χ1) is 8.97. The molecule has 104 valence electrons. The summed E-state index contributed by atoms with van der Waals surface area (Å²) in [4.78, 5) is 4.46. The fraction of sp³-hybridized carbons (Fsp3) is 0.688. The summed E-state index contributed by atoms with van der Waals surface area (Å²) in [6, 6.07) is 4.36. The summed E-state index contributed by atoms with van der Waals surface area (Å²) in [5.74, 6) is 2.56. The van der Waals surface area contributed by atoms with E-state index in [1.807, 2.05) is 18.3 Å². The molecule has 3 atom stereocenters. The maximum Gasteiger partial charge on any atom is 0.168 e. The van der Waals surface area contributed by atoms with Crippen LogP contribution in [0.15, 0.2) is 18.3 Å². The van der Waals surface area contributed by atoms with Gasteiger partial charge in [-0.05, 0) is 48.1 Å². The highest BCUT2D eigenvalue weighted by molar-refractivity contribution is 5.51. The zero-order valence-corrected chi connectivity index (χ0v) is 12.4. The number of nitrogens with one attached hydrogen (secondary N) is 1. The number of hydrogen-bond donors (Lipinski definition) is 1. The van der Waals surface area contributed by atoms with E-state index in [1.165, 1.54) is 19.3 Å². The van der Waals surface area contributed by atoms with Crippen LogP contribution in [-0.2, 0) is 0 Å². The first-order valence-corrected chi connectivity index (χ1v) is 7.23. The third-order valence-corrected chi connectivity index (χ3v) is 5.54. The van der Waals surface area contributed by atoms with Gasteiger partial charge in [0.2, 0.25) is 0 Å². The molecule has 2 saturated carbocycles. The normalized spacial score (nSPS) is 35.4. The van der Waals surface area contributed by atoms with Gasteiger partial charge in [-0.15, -0.1) is 0 Å². The van der Waals surface area contributed by atoms with Crippen molar-refractivity contribution in [1.29, 1.82) is 0 Å². The Balaban J connectivity index is 1.90. The monoisotopic (exact) mass is 260 g/mol. The molecule has 1 aromatic rings. The molecule has 2 aliphatic rings. The average Bonchev–Trinajstić information content (AvgIpc) is 2.86. The molecule has 2 aliphatic carbocycles. The number of aromatic nitrogens is 1. The van der Waals surface area contributed by atoms with E-state index in [2.05, 4.69) is 31.1 Å². The molecule has 3 rings (SSSR count). The lowest BCUT2D eigenvalue weighted by molar-refractivity contribution is 0.155. The molecular weight excluding hydrogens is 236 g/mol. The molecule has 1 aromatic heterocycles. The van der Waals surface area contributed by atoms with E-state index < -0.39 is 0 Å². The van der Waals surface area contributed by atoms with Gasteiger partial charge in [-0.25, -0.2) is 4.98 Å². The molecule has 3 nitrogen and oxygen atoms in total. The SMILES string of the molecule is COc1cccnc1NC1C2(C)CCC(C2)C1(C)C. The highest BCUT2D eigenvalue weighted by atomic mass is 16.5. The molecule has 19 heavy (non-hydrogen) atoms. The van der Waals surface area contributed by atoms with Crippen LogP contribution in [0.4, 0.5) is 5.82 Å². The predicted octanol–water partition coefficient (Wildman–Crippen LogP) is 3.72. The van der Waals surface area contributed by atoms with Crippen LogP contribution >= 0.6 is 0 Å². The summed E-state index contributed by atoms with van der Waals surface area (Å²) < 4.78 is 5.41. The Bertz CT molecular complexity index is 481. The Labute approximate surface area is 115 Å². The van der Waals surface area contributed by atoms with Crippen LogP contribution in [0.1, 0.15) is 40.0 Å². The van der Waals surface area contributed by atoms with Gasteiger partial charge in [0, 0.05) is 12.2 Å². The summed E-state index contributed by atoms with van der Waals surface area (Å²) in [5.41, 5.74) is 0.728. The van der Waals surface area contributed by atoms with Crippen molar-refractivity contribution in [3.63, 3.8) is 0 Å². The van der Waals surface area contributed by atoms with Gasteiger partial charge in [0.15, 0.2) is 11.6 Å². The van der Waals surface area contributed by atoms with E-state index >= 15 is 0 Å². The smallest absolute Gasteiger partial charge is 0.168 e. The van der Waals surface area contributed by atoms with Crippen molar-refractivity contribution in [2.45, 2.75) is 46.1 Å². The maximum atomic E-state index is 5.41. The quantitative estimate of drug-likeness (QED) is 0.899. The summed E-state index contributed by atoms with van der Waals surface area (Å²) >= 11 is 0. The third-order valence-electron chi connectivity index (χ3n) is 5.54. The van der Waals surface area contributed by atoms with Crippen LogP contribution in [0.2, 0.25) is 0 Å². The zero-order valence-electron chi connectivity index (χ0n) is 12.4. The molecule has 0 aromatic carbocycles. The Hall–Kier alpha value is -1.25. The van der Waals surface area contributed by atoms with Gasteiger partial charge in [0.05, 0.1) is 7.11 Å². The van der Waals surface area contributed by atoms with Crippen molar-refractivity contribution < 1.29 is 4.74 Å².